The van der Waals surface area contributed by atoms with Gasteiger partial charge in [0.25, 0.3) is 5.91 Å². The molecule has 2 aromatic carbocycles. The van der Waals surface area contributed by atoms with Crippen LogP contribution in [0.1, 0.15) is 15.9 Å². The van der Waals surface area contributed by atoms with Crippen molar-refractivity contribution in [2.75, 3.05) is 6.61 Å². The van der Waals surface area contributed by atoms with Crippen LogP contribution in [0, 0.1) is 0 Å². The molecule has 0 saturated heterocycles. The van der Waals surface area contributed by atoms with Crippen molar-refractivity contribution >= 4 is 23.7 Å². The summed E-state index contributed by atoms with van der Waals surface area (Å²) in [7, 11) is 0. The minimum absolute atomic E-state index is 0.293. The van der Waals surface area contributed by atoms with Crippen molar-refractivity contribution in [2.45, 2.75) is 0 Å². The second-order valence-electron chi connectivity index (χ2n) is 4.37. The van der Waals surface area contributed by atoms with Crippen LogP contribution < -0.4 is 10.2 Å². The number of amides is 1. The van der Waals surface area contributed by atoms with E-state index >= 15 is 0 Å². The molecule has 1 N–H and O–H groups in total. The summed E-state index contributed by atoms with van der Waals surface area (Å²) in [6, 6.07) is 13.9. The zero-order chi connectivity index (χ0) is 15.8. The van der Waals surface area contributed by atoms with Crippen LogP contribution in [0.4, 0.5) is 0 Å². The largest absolute Gasteiger partial charge is 0.490 e. The first-order chi connectivity index (χ1) is 10.7. The normalized spacial score (nSPS) is 10.4. The monoisotopic (exact) mass is 314 g/mol. The molecule has 0 spiro atoms. The number of ether oxygens (including phenoxy) is 1. The number of hydrogen-bond donors (Lipinski definition) is 1. The number of benzene rings is 2. The fraction of sp³-hybridized carbons (Fsp3) is 0.0588. The summed E-state index contributed by atoms with van der Waals surface area (Å²) in [6.07, 6.45) is 3.24. The Morgan fingerprint density at radius 1 is 1.18 bits per heavy atom. The molecule has 5 heteroatoms. The van der Waals surface area contributed by atoms with Gasteiger partial charge in [0.1, 0.15) is 12.4 Å². The first-order valence-electron chi connectivity index (χ1n) is 6.62. The van der Waals surface area contributed by atoms with Crippen LogP contribution in [0.2, 0.25) is 5.02 Å². The lowest BCUT2D eigenvalue weighted by molar-refractivity contribution is 0.0955. The topological polar surface area (TPSA) is 50.7 Å². The summed E-state index contributed by atoms with van der Waals surface area (Å²) < 4.78 is 5.38. The van der Waals surface area contributed by atoms with E-state index in [2.05, 4.69) is 17.1 Å². The van der Waals surface area contributed by atoms with Crippen molar-refractivity contribution < 1.29 is 9.53 Å². The quantitative estimate of drug-likeness (QED) is 0.502. The van der Waals surface area contributed by atoms with Gasteiger partial charge in [0.05, 0.1) is 6.21 Å². The molecule has 2 aromatic rings. The fourth-order valence-corrected chi connectivity index (χ4v) is 1.76. The molecule has 22 heavy (non-hydrogen) atoms. The van der Waals surface area contributed by atoms with E-state index in [0.717, 1.165) is 11.3 Å². The van der Waals surface area contributed by atoms with Gasteiger partial charge < -0.3 is 4.74 Å². The highest BCUT2D eigenvalue weighted by molar-refractivity contribution is 6.30. The number of hydrazone groups is 1. The van der Waals surface area contributed by atoms with E-state index in [0.29, 0.717) is 17.2 Å². The van der Waals surface area contributed by atoms with Crippen LogP contribution in [-0.4, -0.2) is 18.7 Å². The predicted octanol–water partition coefficient (Wildman–Crippen LogP) is 3.67. The van der Waals surface area contributed by atoms with Crippen LogP contribution in [-0.2, 0) is 0 Å². The highest BCUT2D eigenvalue weighted by Crippen LogP contribution is 2.11. The van der Waals surface area contributed by atoms with Crippen molar-refractivity contribution in [2.24, 2.45) is 5.10 Å². The van der Waals surface area contributed by atoms with E-state index in [4.69, 9.17) is 16.3 Å². The molecule has 0 aromatic heterocycles. The minimum atomic E-state index is -0.293. The Morgan fingerprint density at radius 3 is 2.50 bits per heavy atom. The molecular weight excluding hydrogens is 300 g/mol. The summed E-state index contributed by atoms with van der Waals surface area (Å²) in [4.78, 5) is 11.8. The highest BCUT2D eigenvalue weighted by Gasteiger charge is 2.02. The lowest BCUT2D eigenvalue weighted by Crippen LogP contribution is -2.17. The van der Waals surface area contributed by atoms with Crippen LogP contribution in [0.15, 0.2) is 66.3 Å². The maximum absolute atomic E-state index is 11.8. The van der Waals surface area contributed by atoms with Crippen molar-refractivity contribution in [3.05, 3.63) is 77.3 Å². The summed E-state index contributed by atoms with van der Waals surface area (Å²) in [6.45, 7) is 4.05. The molecule has 0 radical (unpaired) electrons. The molecule has 0 aliphatic carbocycles. The van der Waals surface area contributed by atoms with Gasteiger partial charge in [-0.15, -0.1) is 0 Å². The molecule has 0 atom stereocenters. The number of halogens is 1. The number of carbonyl (C=O) groups is 1. The summed E-state index contributed by atoms with van der Waals surface area (Å²) >= 11 is 5.77. The summed E-state index contributed by atoms with van der Waals surface area (Å²) in [5.41, 5.74) is 3.80. The molecule has 0 unspecified atom stereocenters. The molecular formula is C17H15ClN2O2. The number of carbonyl (C=O) groups excluding carboxylic acids is 1. The van der Waals surface area contributed by atoms with Crippen molar-refractivity contribution in [3.8, 4) is 5.75 Å². The lowest BCUT2D eigenvalue weighted by atomic mass is 10.2. The molecule has 0 aliphatic rings. The Hall–Kier alpha value is -2.59. The first-order valence-corrected chi connectivity index (χ1v) is 6.99. The van der Waals surface area contributed by atoms with Gasteiger partial charge in [-0.1, -0.05) is 24.3 Å². The maximum atomic E-state index is 11.8. The average molecular weight is 315 g/mol. The summed E-state index contributed by atoms with van der Waals surface area (Å²) in [5.74, 6) is 0.459. The van der Waals surface area contributed by atoms with E-state index in [1.54, 1.807) is 36.6 Å². The minimum Gasteiger partial charge on any atom is -0.490 e. The molecule has 0 fully saturated rings. The lowest BCUT2D eigenvalue weighted by Gasteiger charge is -2.03. The van der Waals surface area contributed by atoms with Crippen molar-refractivity contribution in [1.29, 1.82) is 0 Å². The van der Waals surface area contributed by atoms with Gasteiger partial charge in [-0.05, 0) is 54.1 Å². The zero-order valence-corrected chi connectivity index (χ0v) is 12.6. The van der Waals surface area contributed by atoms with Gasteiger partial charge in [-0.25, -0.2) is 5.43 Å². The fourth-order valence-electron chi connectivity index (χ4n) is 1.64. The highest BCUT2D eigenvalue weighted by atomic mass is 35.5. The number of nitrogens with one attached hydrogen (secondary N) is 1. The van der Waals surface area contributed by atoms with Gasteiger partial charge >= 0.3 is 0 Å². The SMILES string of the molecule is C=CCOc1ccc(/C=N\NC(=O)c2ccc(Cl)cc2)cc1. The predicted molar refractivity (Wildman–Crippen MR) is 88.6 cm³/mol. The van der Waals surface area contributed by atoms with E-state index in [-0.39, 0.29) is 5.91 Å². The molecule has 2 rings (SSSR count). The Kier molecular flexibility index (Phi) is 5.74. The second-order valence-corrected chi connectivity index (χ2v) is 4.81. The Balaban J connectivity index is 1.90. The van der Waals surface area contributed by atoms with E-state index < -0.39 is 0 Å². The van der Waals surface area contributed by atoms with Gasteiger partial charge in [0.15, 0.2) is 0 Å². The van der Waals surface area contributed by atoms with Gasteiger partial charge in [-0.3, -0.25) is 4.79 Å². The van der Waals surface area contributed by atoms with Gasteiger partial charge in [0.2, 0.25) is 0 Å². The van der Waals surface area contributed by atoms with Crippen LogP contribution >= 0.6 is 11.6 Å². The van der Waals surface area contributed by atoms with E-state index in [1.807, 2.05) is 24.3 Å². The molecule has 0 saturated carbocycles. The number of hydrogen-bond acceptors (Lipinski definition) is 3. The van der Waals surface area contributed by atoms with Crippen LogP contribution in [0.3, 0.4) is 0 Å². The van der Waals surface area contributed by atoms with Crippen molar-refractivity contribution in [1.82, 2.24) is 5.43 Å². The molecule has 0 bridgehead atoms. The summed E-state index contributed by atoms with van der Waals surface area (Å²) in [5, 5.41) is 4.50. The Bertz CT molecular complexity index is 664. The molecule has 4 nitrogen and oxygen atoms in total. The molecule has 112 valence electrons. The van der Waals surface area contributed by atoms with Gasteiger partial charge in [0, 0.05) is 10.6 Å². The van der Waals surface area contributed by atoms with Crippen LogP contribution in [0.25, 0.3) is 0 Å². The molecule has 1 amide bonds. The van der Waals surface area contributed by atoms with E-state index in [9.17, 15) is 4.79 Å². The standard InChI is InChI=1S/C17H15ClN2O2/c1-2-11-22-16-9-3-13(4-10-16)12-19-20-17(21)14-5-7-15(18)8-6-14/h2-10,12H,1,11H2,(H,20,21)/b19-12-. The third kappa shape index (κ3) is 4.75. The van der Waals surface area contributed by atoms with Crippen LogP contribution in [0.5, 0.6) is 5.75 Å². The zero-order valence-electron chi connectivity index (χ0n) is 11.8. The number of rotatable bonds is 6. The molecule has 0 heterocycles. The molecule has 0 aliphatic heterocycles. The Morgan fingerprint density at radius 2 is 1.86 bits per heavy atom. The van der Waals surface area contributed by atoms with Gasteiger partial charge in [-0.2, -0.15) is 5.10 Å². The Labute approximate surface area is 134 Å². The smallest absolute Gasteiger partial charge is 0.271 e. The maximum Gasteiger partial charge on any atom is 0.271 e. The van der Waals surface area contributed by atoms with E-state index in [1.165, 1.54) is 0 Å². The number of nitrogens with zero attached hydrogens (tertiary/aromatic N) is 1. The third-order valence-electron chi connectivity index (χ3n) is 2.73. The second kappa shape index (κ2) is 8.00. The average Bonchev–Trinajstić information content (AvgIpc) is 2.54. The third-order valence-corrected chi connectivity index (χ3v) is 2.99. The van der Waals surface area contributed by atoms with Crippen molar-refractivity contribution in [3.63, 3.8) is 0 Å². The first kappa shape index (κ1) is 15.8.